The van der Waals surface area contributed by atoms with Crippen LogP contribution in [0.2, 0.25) is 0 Å². The number of nitrogens with zero attached hydrogens (tertiary/aromatic N) is 4. The molecule has 108 valence electrons. The molecule has 6 heteroatoms. The molecule has 0 radical (unpaired) electrons. The van der Waals surface area contributed by atoms with Gasteiger partial charge < -0.3 is 14.0 Å². The van der Waals surface area contributed by atoms with Crippen LogP contribution in [0, 0.1) is 0 Å². The Hall–Kier alpha value is -2.99. The molecule has 0 saturated carbocycles. The van der Waals surface area contributed by atoms with Gasteiger partial charge in [-0.05, 0) is 18.2 Å². The van der Waals surface area contributed by atoms with Crippen molar-refractivity contribution >= 4 is 5.65 Å². The summed E-state index contributed by atoms with van der Waals surface area (Å²) in [5.74, 6) is 0.655. The van der Waals surface area contributed by atoms with E-state index < -0.39 is 0 Å². The summed E-state index contributed by atoms with van der Waals surface area (Å²) in [4.78, 5) is 8.72. The van der Waals surface area contributed by atoms with Gasteiger partial charge >= 0.3 is 0 Å². The van der Waals surface area contributed by atoms with E-state index in [4.69, 9.17) is 9.63 Å². The van der Waals surface area contributed by atoms with Crippen LogP contribution in [-0.4, -0.2) is 24.6 Å². The molecule has 4 rings (SSSR count). The first kappa shape index (κ1) is 12.7. The van der Waals surface area contributed by atoms with E-state index in [1.165, 1.54) is 0 Å². The number of aliphatic hydroxyl groups excluding tert-OH is 1. The SMILES string of the molecule is OCc1nc(-c2cccc(-c3cn4ccccc4n3)c2)no1. The second-order valence-corrected chi connectivity index (χ2v) is 4.84. The number of rotatable bonds is 3. The summed E-state index contributed by atoms with van der Waals surface area (Å²) in [6.45, 7) is -0.265. The first-order valence-corrected chi connectivity index (χ1v) is 6.81. The molecule has 22 heavy (non-hydrogen) atoms. The lowest BCUT2D eigenvalue weighted by Gasteiger charge is -1.99. The Morgan fingerprint density at radius 1 is 1.05 bits per heavy atom. The number of aliphatic hydroxyl groups is 1. The van der Waals surface area contributed by atoms with E-state index in [0.717, 1.165) is 22.5 Å². The molecule has 0 saturated heterocycles. The molecule has 1 N–H and O–H groups in total. The minimum absolute atomic E-state index is 0.202. The molecule has 3 aromatic heterocycles. The van der Waals surface area contributed by atoms with E-state index in [1.54, 1.807) is 0 Å². The van der Waals surface area contributed by atoms with E-state index in [2.05, 4.69) is 15.1 Å². The lowest BCUT2D eigenvalue weighted by atomic mass is 10.1. The van der Waals surface area contributed by atoms with Gasteiger partial charge in [0.25, 0.3) is 5.89 Å². The van der Waals surface area contributed by atoms with Crippen molar-refractivity contribution in [2.45, 2.75) is 6.61 Å². The lowest BCUT2D eigenvalue weighted by Crippen LogP contribution is -1.85. The van der Waals surface area contributed by atoms with E-state index in [0.29, 0.717) is 5.82 Å². The molecule has 6 nitrogen and oxygen atoms in total. The third-order valence-electron chi connectivity index (χ3n) is 3.38. The Bertz CT molecular complexity index is 909. The maximum Gasteiger partial charge on any atom is 0.252 e. The Balaban J connectivity index is 1.77. The van der Waals surface area contributed by atoms with Gasteiger partial charge in [-0.3, -0.25) is 0 Å². The molecule has 0 amide bonds. The highest BCUT2D eigenvalue weighted by atomic mass is 16.5. The van der Waals surface area contributed by atoms with Crippen molar-refractivity contribution in [3.63, 3.8) is 0 Å². The highest BCUT2D eigenvalue weighted by Crippen LogP contribution is 2.24. The quantitative estimate of drug-likeness (QED) is 0.628. The summed E-state index contributed by atoms with van der Waals surface area (Å²) < 4.78 is 6.90. The Morgan fingerprint density at radius 3 is 2.77 bits per heavy atom. The zero-order valence-corrected chi connectivity index (χ0v) is 11.5. The average molecular weight is 292 g/mol. The van der Waals surface area contributed by atoms with Crippen LogP contribution in [0.5, 0.6) is 0 Å². The fourth-order valence-corrected chi connectivity index (χ4v) is 2.33. The maximum atomic E-state index is 9.00. The second kappa shape index (κ2) is 5.09. The number of aromatic nitrogens is 4. The lowest BCUT2D eigenvalue weighted by molar-refractivity contribution is 0.222. The summed E-state index contributed by atoms with van der Waals surface area (Å²) in [5, 5.41) is 12.9. The van der Waals surface area contributed by atoms with Crippen molar-refractivity contribution in [2.75, 3.05) is 0 Å². The number of imidazole rings is 1. The molecule has 0 aliphatic carbocycles. The topological polar surface area (TPSA) is 76.5 Å². The van der Waals surface area contributed by atoms with Crippen molar-refractivity contribution in [1.29, 1.82) is 0 Å². The molecule has 1 aromatic carbocycles. The minimum atomic E-state index is -0.265. The van der Waals surface area contributed by atoms with Crippen molar-refractivity contribution in [2.24, 2.45) is 0 Å². The van der Waals surface area contributed by atoms with Crippen LogP contribution in [0.25, 0.3) is 28.3 Å². The van der Waals surface area contributed by atoms with E-state index >= 15 is 0 Å². The number of fused-ring (bicyclic) bond motifs is 1. The molecule has 0 unspecified atom stereocenters. The van der Waals surface area contributed by atoms with Gasteiger partial charge in [-0.15, -0.1) is 0 Å². The van der Waals surface area contributed by atoms with Crippen LogP contribution in [0.1, 0.15) is 5.89 Å². The zero-order valence-electron chi connectivity index (χ0n) is 11.5. The number of pyridine rings is 1. The van der Waals surface area contributed by atoms with Crippen molar-refractivity contribution < 1.29 is 9.63 Å². The molecule has 0 aliphatic heterocycles. The van der Waals surface area contributed by atoms with Crippen LogP contribution in [0.15, 0.2) is 59.4 Å². The smallest absolute Gasteiger partial charge is 0.252 e. The van der Waals surface area contributed by atoms with Gasteiger partial charge in [0.05, 0.1) is 5.69 Å². The first-order chi connectivity index (χ1) is 10.8. The molecule has 0 fully saturated rings. The molecule has 3 heterocycles. The Morgan fingerprint density at radius 2 is 1.95 bits per heavy atom. The van der Waals surface area contributed by atoms with Gasteiger partial charge in [0, 0.05) is 23.5 Å². The normalized spacial score (nSPS) is 11.1. The van der Waals surface area contributed by atoms with Gasteiger partial charge in [-0.2, -0.15) is 4.98 Å². The molecule has 0 atom stereocenters. The highest BCUT2D eigenvalue weighted by molar-refractivity contribution is 5.69. The average Bonchev–Trinajstić information content (AvgIpc) is 3.21. The predicted octanol–water partition coefficient (Wildman–Crippen LogP) is 2.54. The van der Waals surface area contributed by atoms with E-state index in [-0.39, 0.29) is 12.5 Å². The Labute approximate surface area is 125 Å². The van der Waals surface area contributed by atoms with Crippen molar-refractivity contribution in [1.82, 2.24) is 19.5 Å². The predicted molar refractivity (Wildman–Crippen MR) is 79.8 cm³/mol. The van der Waals surface area contributed by atoms with Crippen molar-refractivity contribution in [3.05, 3.63) is 60.7 Å². The minimum Gasteiger partial charge on any atom is -0.387 e. The van der Waals surface area contributed by atoms with Crippen LogP contribution >= 0.6 is 0 Å². The third kappa shape index (κ3) is 2.15. The van der Waals surface area contributed by atoms with Crippen LogP contribution in [0.3, 0.4) is 0 Å². The largest absolute Gasteiger partial charge is 0.387 e. The standard InChI is InChI=1S/C16H12N4O2/c21-10-15-18-16(19-22-15)12-5-3-4-11(8-12)13-9-20-7-2-1-6-14(20)17-13/h1-9,21H,10H2. The molecule has 0 spiro atoms. The van der Waals surface area contributed by atoms with Crippen LogP contribution < -0.4 is 0 Å². The summed E-state index contributed by atoms with van der Waals surface area (Å²) in [6.07, 6.45) is 3.94. The third-order valence-corrected chi connectivity index (χ3v) is 3.38. The van der Waals surface area contributed by atoms with Crippen molar-refractivity contribution in [3.8, 4) is 22.6 Å². The maximum absolute atomic E-state index is 9.00. The fourth-order valence-electron chi connectivity index (χ4n) is 2.33. The summed E-state index contributed by atoms with van der Waals surface area (Å²) >= 11 is 0. The van der Waals surface area contributed by atoms with E-state index in [9.17, 15) is 0 Å². The van der Waals surface area contributed by atoms with Gasteiger partial charge in [0.2, 0.25) is 5.82 Å². The number of benzene rings is 1. The molecule has 4 aromatic rings. The monoisotopic (exact) mass is 292 g/mol. The van der Waals surface area contributed by atoms with Gasteiger partial charge in [0.1, 0.15) is 12.3 Å². The summed E-state index contributed by atoms with van der Waals surface area (Å²) in [5.41, 5.74) is 3.55. The van der Waals surface area contributed by atoms with Gasteiger partial charge in [-0.25, -0.2) is 4.98 Å². The molecule has 0 aliphatic rings. The van der Waals surface area contributed by atoms with Gasteiger partial charge in [0.15, 0.2) is 0 Å². The van der Waals surface area contributed by atoms with Gasteiger partial charge in [-0.1, -0.05) is 29.4 Å². The second-order valence-electron chi connectivity index (χ2n) is 4.84. The number of hydrogen-bond acceptors (Lipinski definition) is 5. The summed E-state index contributed by atoms with van der Waals surface area (Å²) in [6, 6.07) is 13.6. The van der Waals surface area contributed by atoms with E-state index in [1.807, 2.05) is 59.3 Å². The Kier molecular flexibility index (Phi) is 2.94. The zero-order chi connectivity index (χ0) is 14.9. The fraction of sp³-hybridized carbons (Fsp3) is 0.0625. The molecular weight excluding hydrogens is 280 g/mol. The summed E-state index contributed by atoms with van der Waals surface area (Å²) in [7, 11) is 0. The number of hydrogen-bond donors (Lipinski definition) is 1. The first-order valence-electron chi connectivity index (χ1n) is 6.81. The molecular formula is C16H12N4O2. The highest BCUT2D eigenvalue weighted by Gasteiger charge is 2.10. The molecule has 0 bridgehead atoms. The van der Waals surface area contributed by atoms with Crippen LogP contribution in [0.4, 0.5) is 0 Å². The van der Waals surface area contributed by atoms with Crippen LogP contribution in [-0.2, 0) is 6.61 Å².